The molecule has 3 N–H and O–H groups in total. The number of carbonyl (C=O) groups is 2. The zero-order valence-electron chi connectivity index (χ0n) is 16.0. The second-order valence-electron chi connectivity index (χ2n) is 7.66. The zero-order valence-corrected chi connectivity index (χ0v) is 16.8. The summed E-state index contributed by atoms with van der Waals surface area (Å²) in [6.45, 7) is 8.08. The van der Waals surface area contributed by atoms with Crippen LogP contribution in [0.1, 0.15) is 71.6 Å². The summed E-state index contributed by atoms with van der Waals surface area (Å²) in [5.41, 5.74) is 6.06. The fourth-order valence-corrected chi connectivity index (χ4v) is 3.81. The second kappa shape index (κ2) is 9.50. The summed E-state index contributed by atoms with van der Waals surface area (Å²) in [6, 6.07) is -0.183. The summed E-state index contributed by atoms with van der Waals surface area (Å²) >= 11 is 1.45. The average Bonchev–Trinajstić information content (AvgIpc) is 3.00. The lowest BCUT2D eigenvalue weighted by Gasteiger charge is -2.27. The Hall–Kier alpha value is -1.41. The molecule has 2 rings (SSSR count). The highest BCUT2D eigenvalue weighted by Crippen LogP contribution is 2.28. The minimum absolute atomic E-state index is 0.183. The molecule has 0 unspecified atom stereocenters. The normalized spacial score (nSPS) is 21.8. The fraction of sp³-hybridized carbons (Fsp3) is 0.778. The van der Waals surface area contributed by atoms with E-state index in [-0.39, 0.29) is 35.6 Å². The lowest BCUT2D eigenvalue weighted by molar-refractivity contribution is -0.134. The molecule has 0 aliphatic heterocycles. The molecule has 1 heterocycles. The first-order valence-corrected chi connectivity index (χ1v) is 10.3. The maximum absolute atomic E-state index is 12.8. The Morgan fingerprint density at radius 2 is 1.92 bits per heavy atom. The van der Waals surface area contributed by atoms with E-state index in [1.165, 1.54) is 11.8 Å². The molecule has 0 saturated heterocycles. The quantitative estimate of drug-likeness (QED) is 0.697. The molecule has 0 bridgehead atoms. The van der Waals surface area contributed by atoms with Crippen LogP contribution in [-0.2, 0) is 9.59 Å². The molecule has 0 radical (unpaired) electrons. The minimum Gasteiger partial charge on any atom is -0.415 e. The maximum Gasteiger partial charge on any atom is 0.276 e. The first-order valence-electron chi connectivity index (χ1n) is 9.38. The van der Waals surface area contributed by atoms with Crippen LogP contribution >= 0.6 is 11.8 Å². The smallest absolute Gasteiger partial charge is 0.276 e. The van der Waals surface area contributed by atoms with Crippen molar-refractivity contribution in [2.45, 2.75) is 82.2 Å². The molecule has 0 spiro atoms. The minimum atomic E-state index is -0.632. The van der Waals surface area contributed by atoms with Gasteiger partial charge >= 0.3 is 0 Å². The molecule has 1 aromatic heterocycles. The molecule has 26 heavy (non-hydrogen) atoms. The number of nitrogens with zero attached hydrogens (tertiary/aromatic N) is 2. The van der Waals surface area contributed by atoms with Crippen LogP contribution in [0.5, 0.6) is 0 Å². The van der Waals surface area contributed by atoms with E-state index < -0.39 is 5.92 Å². The first-order chi connectivity index (χ1) is 12.3. The van der Waals surface area contributed by atoms with Crippen molar-refractivity contribution in [3.05, 3.63) is 5.89 Å². The SMILES string of the molecule is CC(C)C[C@H](C(=O)NC(=O)[C@@H]1CCCC[C@@H]1N)c1nnc(SC(C)C)o1. The van der Waals surface area contributed by atoms with Crippen LogP contribution in [0.2, 0.25) is 0 Å². The Bertz CT molecular complexity index is 617. The van der Waals surface area contributed by atoms with Crippen molar-refractivity contribution in [3.8, 4) is 0 Å². The fourth-order valence-electron chi connectivity index (χ4n) is 3.19. The summed E-state index contributed by atoms with van der Waals surface area (Å²) < 4.78 is 5.67. The summed E-state index contributed by atoms with van der Waals surface area (Å²) in [6.07, 6.45) is 4.08. The average molecular weight is 383 g/mol. The number of carbonyl (C=O) groups excluding carboxylic acids is 2. The molecular formula is C18H30N4O3S. The number of amides is 2. The molecule has 146 valence electrons. The molecule has 1 saturated carbocycles. The van der Waals surface area contributed by atoms with Crippen molar-refractivity contribution >= 4 is 23.6 Å². The molecule has 8 heteroatoms. The third-order valence-electron chi connectivity index (χ3n) is 4.48. The molecular weight excluding hydrogens is 352 g/mol. The number of aromatic nitrogens is 2. The molecule has 7 nitrogen and oxygen atoms in total. The van der Waals surface area contributed by atoms with Crippen molar-refractivity contribution in [2.24, 2.45) is 17.6 Å². The van der Waals surface area contributed by atoms with Crippen molar-refractivity contribution in [3.63, 3.8) is 0 Å². The summed E-state index contributed by atoms with van der Waals surface area (Å²) in [5.74, 6) is -1.10. The van der Waals surface area contributed by atoms with Gasteiger partial charge in [0, 0.05) is 11.3 Å². The number of thioether (sulfide) groups is 1. The molecule has 0 aromatic carbocycles. The third kappa shape index (κ3) is 5.81. The number of hydrogen-bond acceptors (Lipinski definition) is 7. The summed E-state index contributed by atoms with van der Waals surface area (Å²) in [7, 11) is 0. The highest BCUT2D eigenvalue weighted by Gasteiger charge is 2.33. The second-order valence-corrected chi connectivity index (χ2v) is 9.19. The molecule has 1 fully saturated rings. The molecule has 1 aliphatic carbocycles. The standard InChI is InChI=1S/C18H30N4O3S/c1-10(2)9-13(17-21-22-18(25-17)26-11(3)4)16(24)20-15(23)12-7-5-6-8-14(12)19/h10-14H,5-9,19H2,1-4H3,(H,20,23,24)/t12-,13-,14+/m1/s1. The first kappa shape index (κ1) is 20.9. The molecule has 2 amide bonds. The van der Waals surface area contributed by atoms with E-state index in [1.807, 2.05) is 27.7 Å². The van der Waals surface area contributed by atoms with Gasteiger partial charge in [0.15, 0.2) is 0 Å². The molecule has 1 aliphatic rings. The van der Waals surface area contributed by atoms with Crippen molar-refractivity contribution < 1.29 is 14.0 Å². The van der Waals surface area contributed by atoms with Crippen LogP contribution in [0.4, 0.5) is 0 Å². The Kier molecular flexibility index (Phi) is 7.64. The number of nitrogens with two attached hydrogens (primary N) is 1. The van der Waals surface area contributed by atoms with Gasteiger partial charge in [-0.25, -0.2) is 0 Å². The van der Waals surface area contributed by atoms with Crippen LogP contribution in [-0.4, -0.2) is 33.3 Å². The Morgan fingerprint density at radius 1 is 1.23 bits per heavy atom. The van der Waals surface area contributed by atoms with Gasteiger partial charge in [0.25, 0.3) is 5.22 Å². The van der Waals surface area contributed by atoms with E-state index in [0.717, 1.165) is 25.7 Å². The topological polar surface area (TPSA) is 111 Å². The van der Waals surface area contributed by atoms with Gasteiger partial charge in [0.05, 0.1) is 5.92 Å². The number of nitrogens with one attached hydrogen (secondary N) is 1. The van der Waals surface area contributed by atoms with Gasteiger partial charge in [-0.05, 0) is 25.2 Å². The predicted molar refractivity (Wildman–Crippen MR) is 101 cm³/mol. The van der Waals surface area contributed by atoms with E-state index in [1.54, 1.807) is 0 Å². The number of imide groups is 1. The van der Waals surface area contributed by atoms with Gasteiger partial charge < -0.3 is 10.2 Å². The van der Waals surface area contributed by atoms with Crippen LogP contribution in [0.15, 0.2) is 9.64 Å². The van der Waals surface area contributed by atoms with Gasteiger partial charge in [0.2, 0.25) is 17.7 Å². The summed E-state index contributed by atoms with van der Waals surface area (Å²) in [5, 5.41) is 11.3. The predicted octanol–water partition coefficient (Wildman–Crippen LogP) is 2.86. The number of hydrogen-bond donors (Lipinski definition) is 2. The van der Waals surface area contributed by atoms with Gasteiger partial charge in [-0.2, -0.15) is 0 Å². The van der Waals surface area contributed by atoms with Crippen LogP contribution in [0.3, 0.4) is 0 Å². The van der Waals surface area contributed by atoms with Crippen LogP contribution in [0.25, 0.3) is 0 Å². The number of rotatable bonds is 7. The highest BCUT2D eigenvalue weighted by atomic mass is 32.2. The Labute approximate surface area is 159 Å². The monoisotopic (exact) mass is 382 g/mol. The summed E-state index contributed by atoms with van der Waals surface area (Å²) in [4.78, 5) is 25.3. The van der Waals surface area contributed by atoms with Gasteiger partial charge in [0.1, 0.15) is 5.92 Å². The van der Waals surface area contributed by atoms with Gasteiger partial charge in [-0.15, -0.1) is 10.2 Å². The zero-order chi connectivity index (χ0) is 19.3. The van der Waals surface area contributed by atoms with Gasteiger partial charge in [-0.3, -0.25) is 14.9 Å². The lowest BCUT2D eigenvalue weighted by Crippen LogP contribution is -2.46. The van der Waals surface area contributed by atoms with E-state index in [0.29, 0.717) is 16.9 Å². The lowest BCUT2D eigenvalue weighted by atomic mass is 9.84. The van der Waals surface area contributed by atoms with Crippen molar-refractivity contribution in [1.82, 2.24) is 15.5 Å². The largest absolute Gasteiger partial charge is 0.415 e. The van der Waals surface area contributed by atoms with Crippen LogP contribution in [0, 0.1) is 11.8 Å². The van der Waals surface area contributed by atoms with Crippen molar-refractivity contribution in [1.29, 1.82) is 0 Å². The van der Waals surface area contributed by atoms with E-state index in [4.69, 9.17) is 10.2 Å². The van der Waals surface area contributed by atoms with E-state index in [2.05, 4.69) is 15.5 Å². The maximum atomic E-state index is 12.8. The van der Waals surface area contributed by atoms with Crippen molar-refractivity contribution in [2.75, 3.05) is 0 Å². The van der Waals surface area contributed by atoms with E-state index in [9.17, 15) is 9.59 Å². The van der Waals surface area contributed by atoms with Crippen LogP contribution < -0.4 is 11.1 Å². The Balaban J connectivity index is 2.08. The van der Waals surface area contributed by atoms with E-state index >= 15 is 0 Å². The molecule has 3 atom stereocenters. The Morgan fingerprint density at radius 3 is 2.54 bits per heavy atom. The van der Waals surface area contributed by atoms with Gasteiger partial charge in [-0.1, -0.05) is 52.3 Å². The highest BCUT2D eigenvalue weighted by molar-refractivity contribution is 7.99. The third-order valence-corrected chi connectivity index (χ3v) is 5.32. The molecule has 1 aromatic rings.